The number of phenols is 1. The first-order valence-electron chi connectivity index (χ1n) is 6.60. The number of benzene rings is 1. The lowest BCUT2D eigenvalue weighted by Gasteiger charge is -2.01. The second-order valence-electron chi connectivity index (χ2n) is 4.29. The fourth-order valence-corrected chi connectivity index (χ4v) is 2.21. The molecule has 0 saturated heterocycles. The van der Waals surface area contributed by atoms with E-state index in [9.17, 15) is 9.90 Å². The van der Waals surface area contributed by atoms with Crippen LogP contribution >= 0.6 is 24.2 Å². The number of hydrogen-bond donors (Lipinski definition) is 3. The van der Waals surface area contributed by atoms with Gasteiger partial charge in [0, 0.05) is 11.3 Å². The minimum absolute atomic E-state index is 0. The molecule has 8 heteroatoms. The standard InChI is InChI=1S/C14H19N3O3S.ClH/c1-2-3-4-8-21-14(15)17-16-9-10-6-5-7-11(12(10)18)13(19)20;/h5-7,9,18H,2-4,8H2,1H3,(H2,15,17)(H,19,20);1H. The van der Waals surface area contributed by atoms with E-state index in [0.29, 0.717) is 5.17 Å². The molecule has 0 heterocycles. The number of halogens is 1. The van der Waals surface area contributed by atoms with Gasteiger partial charge in [-0.3, -0.25) is 0 Å². The van der Waals surface area contributed by atoms with Crippen LogP contribution in [-0.4, -0.2) is 33.3 Å². The highest BCUT2D eigenvalue weighted by atomic mass is 35.5. The molecule has 0 aliphatic rings. The van der Waals surface area contributed by atoms with Crippen LogP contribution in [0.25, 0.3) is 0 Å². The maximum atomic E-state index is 10.9. The SMILES string of the molecule is CCCCCS/C(N)=N\N=Cc1cccc(C(=O)O)c1O.Cl. The van der Waals surface area contributed by atoms with Crippen molar-refractivity contribution in [1.29, 1.82) is 0 Å². The summed E-state index contributed by atoms with van der Waals surface area (Å²) in [5.74, 6) is -0.645. The first-order chi connectivity index (χ1) is 10.1. The normalized spacial score (nSPS) is 11.4. The van der Waals surface area contributed by atoms with E-state index in [4.69, 9.17) is 10.8 Å². The lowest BCUT2D eigenvalue weighted by Crippen LogP contribution is -2.06. The number of thioether (sulfide) groups is 1. The van der Waals surface area contributed by atoms with E-state index in [2.05, 4.69) is 17.1 Å². The van der Waals surface area contributed by atoms with Crippen LogP contribution < -0.4 is 5.73 Å². The summed E-state index contributed by atoms with van der Waals surface area (Å²) in [5, 5.41) is 26.6. The quantitative estimate of drug-likeness (QED) is 0.304. The molecule has 0 radical (unpaired) electrons. The predicted molar refractivity (Wildman–Crippen MR) is 93.5 cm³/mol. The van der Waals surface area contributed by atoms with Gasteiger partial charge in [0.2, 0.25) is 0 Å². The molecular formula is C14H20ClN3O3S. The van der Waals surface area contributed by atoms with Crippen LogP contribution in [0.15, 0.2) is 28.4 Å². The zero-order valence-corrected chi connectivity index (χ0v) is 13.9. The smallest absolute Gasteiger partial charge is 0.339 e. The van der Waals surface area contributed by atoms with Gasteiger partial charge in [-0.2, -0.15) is 5.10 Å². The summed E-state index contributed by atoms with van der Waals surface area (Å²) in [5.41, 5.74) is 5.78. The van der Waals surface area contributed by atoms with Crippen molar-refractivity contribution in [2.24, 2.45) is 15.9 Å². The van der Waals surface area contributed by atoms with Crippen LogP contribution in [0.4, 0.5) is 0 Å². The highest BCUT2D eigenvalue weighted by Crippen LogP contribution is 2.20. The predicted octanol–water partition coefficient (Wildman–Crippen LogP) is 3.08. The molecule has 0 bridgehead atoms. The Morgan fingerprint density at radius 2 is 2.14 bits per heavy atom. The van der Waals surface area contributed by atoms with Crippen LogP contribution in [0.3, 0.4) is 0 Å². The number of aromatic carboxylic acids is 1. The fourth-order valence-electron chi connectivity index (χ4n) is 1.54. The largest absolute Gasteiger partial charge is 0.506 e. The Kier molecular flexibility index (Phi) is 10.1. The number of carboxylic acids is 1. The van der Waals surface area contributed by atoms with Gasteiger partial charge in [-0.1, -0.05) is 37.6 Å². The molecule has 122 valence electrons. The summed E-state index contributed by atoms with van der Waals surface area (Å²) >= 11 is 1.42. The molecular weight excluding hydrogens is 326 g/mol. The van der Waals surface area contributed by atoms with Gasteiger partial charge in [0.05, 0.1) is 6.21 Å². The van der Waals surface area contributed by atoms with Crippen molar-refractivity contribution >= 4 is 41.5 Å². The highest BCUT2D eigenvalue weighted by Gasteiger charge is 2.11. The molecule has 4 N–H and O–H groups in total. The molecule has 0 amide bonds. The molecule has 0 fully saturated rings. The third kappa shape index (κ3) is 6.82. The minimum Gasteiger partial charge on any atom is -0.506 e. The molecule has 0 aromatic heterocycles. The molecule has 6 nitrogen and oxygen atoms in total. The first kappa shape index (κ1) is 20.3. The van der Waals surface area contributed by atoms with Crippen LogP contribution in [0.5, 0.6) is 5.75 Å². The van der Waals surface area contributed by atoms with E-state index in [0.717, 1.165) is 25.0 Å². The Bertz CT molecular complexity index is 550. The van der Waals surface area contributed by atoms with Crippen LogP contribution in [-0.2, 0) is 0 Å². The number of para-hydroxylation sites is 1. The number of amidine groups is 1. The molecule has 0 unspecified atom stereocenters. The molecule has 1 rings (SSSR count). The van der Waals surface area contributed by atoms with Crippen LogP contribution in [0.2, 0.25) is 0 Å². The Hall–Kier alpha value is -1.73. The van der Waals surface area contributed by atoms with Crippen molar-refractivity contribution in [2.45, 2.75) is 26.2 Å². The van der Waals surface area contributed by atoms with E-state index in [1.807, 2.05) is 0 Å². The maximum absolute atomic E-state index is 10.9. The average Bonchev–Trinajstić information content (AvgIpc) is 2.45. The monoisotopic (exact) mass is 345 g/mol. The van der Waals surface area contributed by atoms with Crippen molar-refractivity contribution in [3.8, 4) is 5.75 Å². The Morgan fingerprint density at radius 3 is 2.77 bits per heavy atom. The summed E-state index contributed by atoms with van der Waals surface area (Å²) in [6.07, 6.45) is 4.65. The van der Waals surface area contributed by atoms with E-state index in [-0.39, 0.29) is 29.3 Å². The number of aromatic hydroxyl groups is 1. The van der Waals surface area contributed by atoms with Gasteiger partial charge in [0.25, 0.3) is 0 Å². The van der Waals surface area contributed by atoms with Crippen LogP contribution in [0, 0.1) is 0 Å². The lowest BCUT2D eigenvalue weighted by atomic mass is 10.1. The number of unbranched alkanes of at least 4 members (excludes halogenated alkanes) is 2. The van der Waals surface area contributed by atoms with Gasteiger partial charge >= 0.3 is 5.97 Å². The zero-order chi connectivity index (χ0) is 15.7. The number of nitrogens with zero attached hydrogens (tertiary/aromatic N) is 2. The molecule has 1 aromatic carbocycles. The van der Waals surface area contributed by atoms with Gasteiger partial charge in [-0.15, -0.1) is 17.5 Å². The Morgan fingerprint density at radius 1 is 1.41 bits per heavy atom. The van der Waals surface area contributed by atoms with Crippen molar-refractivity contribution in [1.82, 2.24) is 0 Å². The van der Waals surface area contributed by atoms with Crippen LogP contribution in [0.1, 0.15) is 42.1 Å². The third-order valence-corrected chi connectivity index (χ3v) is 3.52. The van der Waals surface area contributed by atoms with Crippen molar-refractivity contribution in [2.75, 3.05) is 5.75 Å². The van der Waals surface area contributed by atoms with Gasteiger partial charge in [-0.05, 0) is 18.6 Å². The van der Waals surface area contributed by atoms with Crippen molar-refractivity contribution < 1.29 is 15.0 Å². The third-order valence-electron chi connectivity index (χ3n) is 2.65. The van der Waals surface area contributed by atoms with Gasteiger partial charge in [0.15, 0.2) is 5.17 Å². The summed E-state index contributed by atoms with van der Waals surface area (Å²) in [6, 6.07) is 4.39. The molecule has 0 spiro atoms. The summed E-state index contributed by atoms with van der Waals surface area (Å²) in [7, 11) is 0. The van der Waals surface area contributed by atoms with E-state index >= 15 is 0 Å². The first-order valence-corrected chi connectivity index (χ1v) is 7.59. The van der Waals surface area contributed by atoms with Crippen molar-refractivity contribution in [3.05, 3.63) is 29.3 Å². The molecule has 0 saturated carbocycles. The molecule has 1 aromatic rings. The van der Waals surface area contributed by atoms with Crippen molar-refractivity contribution in [3.63, 3.8) is 0 Å². The average molecular weight is 346 g/mol. The van der Waals surface area contributed by atoms with E-state index in [1.165, 1.54) is 30.1 Å². The highest BCUT2D eigenvalue weighted by molar-refractivity contribution is 8.13. The van der Waals surface area contributed by atoms with E-state index in [1.54, 1.807) is 6.07 Å². The maximum Gasteiger partial charge on any atom is 0.339 e. The van der Waals surface area contributed by atoms with Gasteiger partial charge < -0.3 is 15.9 Å². The number of hydrogen-bond acceptors (Lipinski definition) is 5. The molecule has 0 aliphatic carbocycles. The zero-order valence-electron chi connectivity index (χ0n) is 12.2. The second-order valence-corrected chi connectivity index (χ2v) is 5.40. The fraction of sp³-hybridized carbons (Fsp3) is 0.357. The number of nitrogens with two attached hydrogens (primary N) is 1. The number of carboxylic acid groups (broad SMARTS) is 1. The molecule has 0 aliphatic heterocycles. The topological polar surface area (TPSA) is 108 Å². The molecule has 22 heavy (non-hydrogen) atoms. The summed E-state index contributed by atoms with van der Waals surface area (Å²) < 4.78 is 0. The number of rotatable bonds is 7. The van der Waals surface area contributed by atoms with Gasteiger partial charge in [0.1, 0.15) is 11.3 Å². The minimum atomic E-state index is -1.20. The second kappa shape index (κ2) is 10.9. The summed E-state index contributed by atoms with van der Waals surface area (Å²) in [4.78, 5) is 10.9. The van der Waals surface area contributed by atoms with Gasteiger partial charge in [-0.25, -0.2) is 4.79 Å². The summed E-state index contributed by atoms with van der Waals surface area (Å²) in [6.45, 7) is 2.13. The number of carbonyl (C=O) groups is 1. The Labute approximate surface area is 139 Å². The van der Waals surface area contributed by atoms with E-state index < -0.39 is 5.97 Å². The molecule has 0 atom stereocenters. The Balaban J connectivity index is 0.00000441. The lowest BCUT2D eigenvalue weighted by molar-refractivity contribution is 0.0693.